The van der Waals surface area contributed by atoms with Crippen molar-refractivity contribution in [3.05, 3.63) is 65.7 Å². The van der Waals surface area contributed by atoms with Crippen LogP contribution < -0.4 is 10.0 Å². The average molecular weight is 446 g/mol. The van der Waals surface area contributed by atoms with Gasteiger partial charge in [0, 0.05) is 39.1 Å². The largest absolute Gasteiger partial charge is 0.379 e. The van der Waals surface area contributed by atoms with Gasteiger partial charge in [0.15, 0.2) is 0 Å². The van der Waals surface area contributed by atoms with E-state index in [4.69, 9.17) is 4.74 Å². The van der Waals surface area contributed by atoms with Crippen LogP contribution in [0.5, 0.6) is 0 Å². The molecule has 168 valence electrons. The van der Waals surface area contributed by atoms with E-state index in [1.165, 1.54) is 0 Å². The maximum Gasteiger partial charge on any atom is 0.240 e. The summed E-state index contributed by atoms with van der Waals surface area (Å²) in [4.78, 5) is 14.6. The Morgan fingerprint density at radius 2 is 1.58 bits per heavy atom. The topological polar surface area (TPSA) is 87.7 Å². The van der Waals surface area contributed by atoms with Gasteiger partial charge in [-0.1, -0.05) is 42.5 Å². The summed E-state index contributed by atoms with van der Waals surface area (Å²) >= 11 is 0. The normalized spacial score (nSPS) is 15.0. The SMILES string of the molecule is O=C(CCc1ccc(S(=O)(=O)NCCc2ccccc2)cc1)NCCN1CCOCC1. The molecule has 1 heterocycles. The second-order valence-electron chi connectivity index (χ2n) is 7.58. The molecule has 3 rings (SSSR count). The van der Waals surface area contributed by atoms with E-state index >= 15 is 0 Å². The standard InChI is InChI=1S/C23H31N3O4S/c27-23(24-14-15-26-16-18-30-19-17-26)11-8-21-6-9-22(10-7-21)31(28,29)25-13-12-20-4-2-1-3-5-20/h1-7,9-10,25H,8,11-19H2,(H,24,27). The van der Waals surface area contributed by atoms with Crippen molar-refractivity contribution in [2.75, 3.05) is 45.9 Å². The van der Waals surface area contributed by atoms with Gasteiger partial charge in [-0.25, -0.2) is 13.1 Å². The number of carbonyl (C=O) groups excluding carboxylic acids is 1. The van der Waals surface area contributed by atoms with Crippen LogP contribution in [0.1, 0.15) is 17.5 Å². The Bertz CT molecular complexity index is 912. The summed E-state index contributed by atoms with van der Waals surface area (Å²) in [6.45, 7) is 5.13. The van der Waals surface area contributed by atoms with Gasteiger partial charge < -0.3 is 10.1 Å². The molecular formula is C23H31N3O4S. The fraction of sp³-hybridized carbons (Fsp3) is 0.435. The first-order valence-electron chi connectivity index (χ1n) is 10.7. The van der Waals surface area contributed by atoms with Crippen LogP contribution in [0.4, 0.5) is 0 Å². The zero-order valence-electron chi connectivity index (χ0n) is 17.8. The monoisotopic (exact) mass is 445 g/mol. The van der Waals surface area contributed by atoms with Crippen LogP contribution in [0.15, 0.2) is 59.5 Å². The molecule has 8 heteroatoms. The van der Waals surface area contributed by atoms with Gasteiger partial charge >= 0.3 is 0 Å². The number of aryl methyl sites for hydroxylation is 1. The molecule has 2 aromatic rings. The molecule has 1 saturated heterocycles. The molecule has 0 bridgehead atoms. The van der Waals surface area contributed by atoms with Crippen molar-refractivity contribution in [2.45, 2.75) is 24.2 Å². The second kappa shape index (κ2) is 12.0. The maximum absolute atomic E-state index is 12.5. The lowest BCUT2D eigenvalue weighted by molar-refractivity contribution is -0.121. The summed E-state index contributed by atoms with van der Waals surface area (Å²) in [5.74, 6) is 0.00698. The minimum Gasteiger partial charge on any atom is -0.379 e. The molecule has 0 radical (unpaired) electrons. The lowest BCUT2D eigenvalue weighted by Crippen LogP contribution is -2.41. The van der Waals surface area contributed by atoms with Gasteiger partial charge in [0.05, 0.1) is 18.1 Å². The number of amides is 1. The molecule has 7 nitrogen and oxygen atoms in total. The Kier molecular flexibility index (Phi) is 9.02. The van der Waals surface area contributed by atoms with E-state index in [0.29, 0.717) is 32.4 Å². The van der Waals surface area contributed by atoms with Crippen molar-refractivity contribution in [1.82, 2.24) is 14.9 Å². The number of benzene rings is 2. The minimum absolute atomic E-state index is 0.00698. The highest BCUT2D eigenvalue weighted by molar-refractivity contribution is 7.89. The molecule has 1 aliphatic heterocycles. The molecule has 1 aliphatic rings. The Labute approximate surface area is 184 Å². The van der Waals surface area contributed by atoms with E-state index in [1.54, 1.807) is 24.3 Å². The average Bonchev–Trinajstić information content (AvgIpc) is 2.79. The molecule has 0 unspecified atom stereocenters. The van der Waals surface area contributed by atoms with Gasteiger partial charge in [-0.3, -0.25) is 9.69 Å². The van der Waals surface area contributed by atoms with Gasteiger partial charge in [0.25, 0.3) is 0 Å². The van der Waals surface area contributed by atoms with Gasteiger partial charge in [-0.05, 0) is 36.1 Å². The van der Waals surface area contributed by atoms with Crippen LogP contribution >= 0.6 is 0 Å². The fourth-order valence-electron chi connectivity index (χ4n) is 3.42. The summed E-state index contributed by atoms with van der Waals surface area (Å²) in [6, 6.07) is 16.5. The van der Waals surface area contributed by atoms with Crippen LogP contribution in [0.2, 0.25) is 0 Å². The highest BCUT2D eigenvalue weighted by Gasteiger charge is 2.14. The van der Waals surface area contributed by atoms with Crippen molar-refractivity contribution < 1.29 is 17.9 Å². The number of morpholine rings is 1. The third kappa shape index (κ3) is 8.06. The molecule has 1 amide bonds. The van der Waals surface area contributed by atoms with Gasteiger partial charge in [-0.15, -0.1) is 0 Å². The molecule has 0 atom stereocenters. The lowest BCUT2D eigenvalue weighted by atomic mass is 10.1. The molecule has 0 aromatic heterocycles. The van der Waals surface area contributed by atoms with Crippen LogP contribution in [-0.2, 0) is 32.4 Å². The first-order chi connectivity index (χ1) is 15.0. The Morgan fingerprint density at radius 3 is 2.29 bits per heavy atom. The zero-order chi connectivity index (χ0) is 21.9. The van der Waals surface area contributed by atoms with E-state index in [-0.39, 0.29) is 10.8 Å². The summed E-state index contributed by atoms with van der Waals surface area (Å²) in [5.41, 5.74) is 2.02. The highest BCUT2D eigenvalue weighted by atomic mass is 32.2. The molecule has 31 heavy (non-hydrogen) atoms. The molecule has 0 aliphatic carbocycles. The first-order valence-corrected chi connectivity index (χ1v) is 12.2. The summed E-state index contributed by atoms with van der Waals surface area (Å²) in [6.07, 6.45) is 1.59. The van der Waals surface area contributed by atoms with E-state index in [9.17, 15) is 13.2 Å². The molecule has 0 spiro atoms. The Hall–Kier alpha value is -2.26. The van der Waals surface area contributed by atoms with Crippen molar-refractivity contribution in [3.63, 3.8) is 0 Å². The highest BCUT2D eigenvalue weighted by Crippen LogP contribution is 2.12. The number of nitrogens with one attached hydrogen (secondary N) is 2. The summed E-state index contributed by atoms with van der Waals surface area (Å²) in [5, 5.41) is 2.95. The summed E-state index contributed by atoms with van der Waals surface area (Å²) < 4.78 is 32.9. The van der Waals surface area contributed by atoms with Gasteiger partial charge in [0.1, 0.15) is 0 Å². The summed E-state index contributed by atoms with van der Waals surface area (Å²) in [7, 11) is -3.54. The van der Waals surface area contributed by atoms with E-state index < -0.39 is 10.0 Å². The lowest BCUT2D eigenvalue weighted by Gasteiger charge is -2.26. The van der Waals surface area contributed by atoms with Crippen LogP contribution in [0.25, 0.3) is 0 Å². The molecular weight excluding hydrogens is 414 g/mol. The predicted molar refractivity (Wildman–Crippen MR) is 120 cm³/mol. The Morgan fingerprint density at radius 1 is 0.903 bits per heavy atom. The molecule has 1 fully saturated rings. The van der Waals surface area contributed by atoms with Crippen molar-refractivity contribution in [1.29, 1.82) is 0 Å². The third-order valence-electron chi connectivity index (χ3n) is 5.28. The smallest absolute Gasteiger partial charge is 0.240 e. The number of rotatable bonds is 11. The Balaban J connectivity index is 1.37. The van der Waals surface area contributed by atoms with Crippen molar-refractivity contribution >= 4 is 15.9 Å². The number of hydrogen-bond acceptors (Lipinski definition) is 5. The number of ether oxygens (including phenoxy) is 1. The maximum atomic E-state index is 12.5. The van der Waals surface area contributed by atoms with Gasteiger partial charge in [-0.2, -0.15) is 0 Å². The fourth-order valence-corrected chi connectivity index (χ4v) is 4.45. The predicted octanol–water partition coefficient (Wildman–Crippen LogP) is 1.59. The first kappa shape index (κ1) is 23.4. The number of sulfonamides is 1. The zero-order valence-corrected chi connectivity index (χ0v) is 18.6. The van der Waals surface area contributed by atoms with E-state index in [2.05, 4.69) is 14.9 Å². The number of nitrogens with zero attached hydrogens (tertiary/aromatic N) is 1. The van der Waals surface area contributed by atoms with Crippen LogP contribution in [0, 0.1) is 0 Å². The van der Waals surface area contributed by atoms with E-state index in [1.807, 2.05) is 30.3 Å². The van der Waals surface area contributed by atoms with Crippen LogP contribution in [0.3, 0.4) is 0 Å². The van der Waals surface area contributed by atoms with Crippen LogP contribution in [-0.4, -0.2) is 65.2 Å². The van der Waals surface area contributed by atoms with Gasteiger partial charge in [0.2, 0.25) is 15.9 Å². The number of hydrogen-bond donors (Lipinski definition) is 2. The molecule has 0 saturated carbocycles. The number of carbonyl (C=O) groups is 1. The third-order valence-corrected chi connectivity index (χ3v) is 6.75. The quantitative estimate of drug-likeness (QED) is 0.549. The molecule has 2 N–H and O–H groups in total. The second-order valence-corrected chi connectivity index (χ2v) is 9.35. The van der Waals surface area contributed by atoms with Crippen molar-refractivity contribution in [2.24, 2.45) is 0 Å². The molecule has 2 aromatic carbocycles. The minimum atomic E-state index is -3.54. The van der Waals surface area contributed by atoms with E-state index in [0.717, 1.165) is 44.0 Å². The van der Waals surface area contributed by atoms with Crippen molar-refractivity contribution in [3.8, 4) is 0 Å².